The average molecular weight is 1020 g/mol. The van der Waals surface area contributed by atoms with Gasteiger partial charge in [-0.15, -0.1) is 0 Å². The predicted octanol–water partition coefficient (Wildman–Crippen LogP) is 13.8. The molecule has 6 aromatic carbocycles. The highest BCUT2D eigenvalue weighted by Gasteiger charge is 2.21. The van der Waals surface area contributed by atoms with Gasteiger partial charge in [-0.05, 0) is 198 Å². The normalized spacial score (nSPS) is 11.5. The van der Waals surface area contributed by atoms with Crippen molar-refractivity contribution in [2.24, 2.45) is 0 Å². The fourth-order valence-electron chi connectivity index (χ4n) is 10.6. The van der Waals surface area contributed by atoms with E-state index in [1.807, 2.05) is 121 Å². The van der Waals surface area contributed by atoms with E-state index < -0.39 is 22.5 Å². The Bertz CT molecular complexity index is 3560. The molecular formula is C64H62N4O8. The molecular weight excluding hydrogens is 953 g/mol. The molecule has 0 aliphatic heterocycles. The van der Waals surface area contributed by atoms with Crippen molar-refractivity contribution in [2.75, 3.05) is 72.0 Å². The van der Waals surface area contributed by atoms with Gasteiger partial charge in [0.2, 0.25) is 0 Å². The summed E-state index contributed by atoms with van der Waals surface area (Å²) in [5.41, 5.74) is 7.44. The highest BCUT2D eigenvalue weighted by Crippen LogP contribution is 2.38. The van der Waals surface area contributed by atoms with E-state index in [9.17, 15) is 19.2 Å². The topological polar surface area (TPSA) is 134 Å². The molecule has 0 aliphatic rings. The van der Waals surface area contributed by atoms with Crippen LogP contribution < -0.4 is 42.1 Å². The van der Waals surface area contributed by atoms with Crippen LogP contribution in [0.2, 0.25) is 0 Å². The molecule has 0 bridgehead atoms. The largest absolute Gasteiger partial charge is 0.422 e. The van der Waals surface area contributed by atoms with E-state index in [1.165, 1.54) is 0 Å². The van der Waals surface area contributed by atoms with E-state index in [0.717, 1.165) is 96.7 Å². The summed E-state index contributed by atoms with van der Waals surface area (Å²) in [5, 5.41) is 2.87. The Morgan fingerprint density at radius 2 is 0.461 bits per heavy atom. The summed E-state index contributed by atoms with van der Waals surface area (Å²) < 4.78 is 24.4. The summed E-state index contributed by atoms with van der Waals surface area (Å²) >= 11 is 0. The first-order valence-corrected chi connectivity index (χ1v) is 26.5. The Hall–Kier alpha value is -8.64. The molecule has 0 amide bonds. The lowest BCUT2D eigenvalue weighted by molar-refractivity contribution is 0.562. The lowest BCUT2D eigenvalue weighted by atomic mass is 9.90. The molecule has 10 rings (SSSR count). The molecule has 0 fully saturated rings. The van der Waals surface area contributed by atoms with Gasteiger partial charge in [0.1, 0.15) is 22.3 Å². The van der Waals surface area contributed by atoms with E-state index in [2.05, 4.69) is 75.0 Å². The van der Waals surface area contributed by atoms with Crippen LogP contribution in [0.25, 0.3) is 99.5 Å². The number of rotatable bonds is 17. The zero-order valence-electron chi connectivity index (χ0n) is 44.4. The molecule has 0 N–H and O–H groups in total. The lowest BCUT2D eigenvalue weighted by Gasteiger charge is -2.21. The lowest BCUT2D eigenvalue weighted by Crippen LogP contribution is -2.21. The molecule has 0 unspecified atom stereocenters. The molecule has 386 valence electrons. The summed E-state index contributed by atoms with van der Waals surface area (Å²) in [5.74, 6) is 0. The third kappa shape index (κ3) is 9.67. The minimum Gasteiger partial charge on any atom is -0.422 e. The first-order chi connectivity index (χ1) is 36.9. The minimum atomic E-state index is -0.563. The van der Waals surface area contributed by atoms with Crippen LogP contribution in [-0.2, 0) is 0 Å². The van der Waals surface area contributed by atoms with Crippen molar-refractivity contribution in [3.05, 3.63) is 175 Å². The van der Waals surface area contributed by atoms with Crippen LogP contribution in [0.3, 0.4) is 0 Å². The summed E-state index contributed by atoms with van der Waals surface area (Å²) in [6, 6.07) is 41.7. The van der Waals surface area contributed by atoms with Crippen molar-refractivity contribution in [3.8, 4) is 55.6 Å². The predicted molar refractivity (Wildman–Crippen MR) is 312 cm³/mol. The number of hydrogen-bond acceptors (Lipinski definition) is 12. The number of anilines is 4. The SMILES string of the molecule is CCN(CC)c1ccc2cc(-c3cc(-c4cc(-c5cc6ccc(N(CC)CC)cc6oc5=O)cc(-c5cc6ccc(N(CC)CC)cc6oc5=O)c4)cc(-c4cc5ccc(N(CC)CC)cc5oc4=O)c3)c(=O)oc2c1. The highest BCUT2D eigenvalue weighted by molar-refractivity contribution is 5.93. The van der Waals surface area contributed by atoms with Gasteiger partial charge in [0.25, 0.3) is 0 Å². The maximum absolute atomic E-state index is 14.3. The monoisotopic (exact) mass is 1010 g/mol. The van der Waals surface area contributed by atoms with Gasteiger partial charge in [0.05, 0.1) is 22.3 Å². The van der Waals surface area contributed by atoms with Gasteiger partial charge in [-0.25, -0.2) is 19.2 Å². The molecule has 10 aromatic rings. The number of benzene rings is 6. The maximum Gasteiger partial charge on any atom is 0.344 e. The third-order valence-electron chi connectivity index (χ3n) is 14.8. The standard InChI is InChI=1S/C64H62N4O8/c1-9-65(10-2)49-21-17-39-31-53(61(69)73-57(39)35-49)45-25-43(26-46(29-45)54-32-40-18-22-50(66(11-3)12-4)36-58(40)74-62(54)70)44-27-47(55-33-41-19-23-51(67(13-5)14-6)37-59(41)75-63(55)71)30-48(28-44)56-34-42-20-24-52(68(15-7)16-8)38-60(42)76-64(56)72/h17-38H,9-16H2,1-8H3. The van der Waals surface area contributed by atoms with Crippen molar-refractivity contribution >= 4 is 66.6 Å². The van der Waals surface area contributed by atoms with Gasteiger partial charge in [-0.1, -0.05) is 0 Å². The van der Waals surface area contributed by atoms with Crippen molar-refractivity contribution in [1.29, 1.82) is 0 Å². The molecule has 4 heterocycles. The van der Waals surface area contributed by atoms with Crippen molar-refractivity contribution in [2.45, 2.75) is 55.4 Å². The second-order valence-corrected chi connectivity index (χ2v) is 19.0. The second kappa shape index (κ2) is 21.3. The van der Waals surface area contributed by atoms with Crippen molar-refractivity contribution in [1.82, 2.24) is 0 Å². The molecule has 0 saturated heterocycles. The van der Waals surface area contributed by atoms with Gasteiger partial charge < -0.3 is 37.3 Å². The Balaban J connectivity index is 1.21. The molecule has 12 heteroatoms. The molecule has 0 spiro atoms. The Labute approximate surface area is 440 Å². The first-order valence-electron chi connectivity index (χ1n) is 26.5. The Morgan fingerprint density at radius 1 is 0.263 bits per heavy atom. The fourth-order valence-corrected chi connectivity index (χ4v) is 10.6. The fraction of sp³-hybridized carbons (Fsp3) is 0.250. The first kappa shape index (κ1) is 50.9. The van der Waals surface area contributed by atoms with Crippen molar-refractivity contribution in [3.63, 3.8) is 0 Å². The number of nitrogens with zero attached hydrogens (tertiary/aromatic N) is 4. The number of fused-ring (bicyclic) bond motifs is 4. The summed E-state index contributed by atoms with van der Waals surface area (Å²) in [6.07, 6.45) is 0. The second-order valence-electron chi connectivity index (χ2n) is 19.0. The van der Waals surface area contributed by atoms with Crippen LogP contribution in [0.4, 0.5) is 22.7 Å². The van der Waals surface area contributed by atoms with E-state index in [-0.39, 0.29) is 22.3 Å². The summed E-state index contributed by atoms with van der Waals surface area (Å²) in [6.45, 7) is 22.9. The van der Waals surface area contributed by atoms with Gasteiger partial charge in [0.15, 0.2) is 0 Å². The zero-order valence-corrected chi connectivity index (χ0v) is 44.4. The molecule has 4 aromatic heterocycles. The quantitative estimate of drug-likeness (QED) is 0.0804. The van der Waals surface area contributed by atoms with Gasteiger partial charge in [-0.3, -0.25) is 0 Å². The maximum atomic E-state index is 14.3. The van der Waals surface area contributed by atoms with E-state index in [4.69, 9.17) is 17.7 Å². The number of hydrogen-bond donors (Lipinski definition) is 0. The summed E-state index contributed by atoms with van der Waals surface area (Å²) in [7, 11) is 0. The van der Waals surface area contributed by atoms with Crippen LogP contribution in [0, 0.1) is 0 Å². The van der Waals surface area contributed by atoms with Crippen molar-refractivity contribution < 1.29 is 17.7 Å². The van der Waals surface area contributed by atoms with Crippen LogP contribution in [0.1, 0.15) is 55.4 Å². The van der Waals surface area contributed by atoms with Crippen LogP contribution in [-0.4, -0.2) is 52.4 Å². The molecule has 0 atom stereocenters. The molecule has 0 radical (unpaired) electrons. The Morgan fingerprint density at radius 3 is 0.658 bits per heavy atom. The van der Waals surface area contributed by atoms with Gasteiger partial charge in [0, 0.05) is 121 Å². The smallest absolute Gasteiger partial charge is 0.344 e. The van der Waals surface area contributed by atoms with Gasteiger partial charge in [-0.2, -0.15) is 0 Å². The van der Waals surface area contributed by atoms with Crippen LogP contribution >= 0.6 is 0 Å². The molecule has 0 saturated carbocycles. The summed E-state index contributed by atoms with van der Waals surface area (Å²) in [4.78, 5) is 66.0. The average Bonchev–Trinajstić information content (AvgIpc) is 3.43. The molecule has 0 aliphatic carbocycles. The minimum absolute atomic E-state index is 0.273. The third-order valence-corrected chi connectivity index (χ3v) is 14.8. The van der Waals surface area contributed by atoms with E-state index >= 15 is 0 Å². The van der Waals surface area contributed by atoms with Gasteiger partial charge >= 0.3 is 22.5 Å². The van der Waals surface area contributed by atoms with Crippen LogP contribution in [0.15, 0.2) is 170 Å². The molecule has 12 nitrogen and oxygen atoms in total. The molecule has 76 heavy (non-hydrogen) atoms. The van der Waals surface area contributed by atoms with E-state index in [0.29, 0.717) is 55.7 Å². The van der Waals surface area contributed by atoms with Crippen LogP contribution in [0.5, 0.6) is 0 Å². The highest BCUT2D eigenvalue weighted by atomic mass is 16.4. The Kier molecular flexibility index (Phi) is 14.3. The zero-order chi connectivity index (χ0) is 53.4. The van der Waals surface area contributed by atoms with E-state index in [1.54, 1.807) is 12.1 Å².